The lowest BCUT2D eigenvalue weighted by Gasteiger charge is -2.37. The van der Waals surface area contributed by atoms with Crippen LogP contribution in [0, 0.1) is 0 Å². The molecule has 1 fully saturated rings. The fraction of sp³-hybridized carbons (Fsp3) is 0.500. The van der Waals surface area contributed by atoms with Crippen molar-refractivity contribution in [3.63, 3.8) is 0 Å². The van der Waals surface area contributed by atoms with Crippen LogP contribution >= 0.6 is 11.8 Å². The Labute approximate surface area is 216 Å². The van der Waals surface area contributed by atoms with E-state index in [-0.39, 0.29) is 12.3 Å². The molecule has 9 nitrogen and oxygen atoms in total. The van der Waals surface area contributed by atoms with Crippen LogP contribution in [0.15, 0.2) is 45.6 Å². The van der Waals surface area contributed by atoms with Crippen LogP contribution in [0.2, 0.25) is 0 Å². The molecule has 4 rings (SSSR count). The molecule has 1 unspecified atom stereocenters. The molecule has 0 bridgehead atoms. The van der Waals surface area contributed by atoms with Gasteiger partial charge in [-0.15, -0.1) is 0 Å². The van der Waals surface area contributed by atoms with E-state index in [1.165, 1.54) is 11.8 Å². The zero-order chi connectivity index (χ0) is 26.0. The van der Waals surface area contributed by atoms with E-state index in [1.807, 2.05) is 61.1 Å². The van der Waals surface area contributed by atoms with Gasteiger partial charge in [-0.25, -0.2) is 9.79 Å². The highest BCUT2D eigenvalue weighted by Gasteiger charge is 2.42. The highest BCUT2D eigenvalue weighted by Crippen LogP contribution is 2.46. The van der Waals surface area contributed by atoms with Crippen molar-refractivity contribution in [1.82, 2.24) is 9.80 Å². The Morgan fingerprint density at radius 3 is 2.47 bits per heavy atom. The number of methoxy groups -OCH3 is 2. The summed E-state index contributed by atoms with van der Waals surface area (Å²) in [6, 6.07) is 5.02. The predicted molar refractivity (Wildman–Crippen MR) is 138 cm³/mol. The zero-order valence-corrected chi connectivity index (χ0v) is 22.4. The molecule has 1 aromatic carbocycles. The number of carbonyl (C=O) groups is 2. The molecule has 10 heteroatoms. The smallest absolute Gasteiger partial charge is 0.338 e. The summed E-state index contributed by atoms with van der Waals surface area (Å²) in [5.41, 5.74) is 1.91. The number of ether oxygens (including phenoxy) is 4. The average Bonchev–Trinajstić information content (AvgIpc) is 3.23. The van der Waals surface area contributed by atoms with Gasteiger partial charge < -0.3 is 28.7 Å². The highest BCUT2D eigenvalue weighted by molar-refractivity contribution is 8.16. The first-order valence-electron chi connectivity index (χ1n) is 11.9. The van der Waals surface area contributed by atoms with E-state index >= 15 is 0 Å². The number of aliphatic imine (C=N–C) groups is 1. The molecule has 0 saturated carbocycles. The van der Waals surface area contributed by atoms with Crippen LogP contribution in [0.1, 0.15) is 45.7 Å². The number of allylic oxidation sites excluding steroid dienone is 1. The van der Waals surface area contributed by atoms with Crippen molar-refractivity contribution in [2.45, 2.75) is 45.8 Å². The van der Waals surface area contributed by atoms with Crippen LogP contribution in [-0.2, 0) is 19.1 Å². The molecule has 1 atom stereocenters. The quantitative estimate of drug-likeness (QED) is 0.528. The summed E-state index contributed by atoms with van der Waals surface area (Å²) in [4.78, 5) is 35.2. The molecule has 1 amide bonds. The third-order valence-corrected chi connectivity index (χ3v) is 6.93. The number of hydrogen-bond donors (Lipinski definition) is 0. The van der Waals surface area contributed by atoms with Gasteiger partial charge in [-0.1, -0.05) is 17.8 Å². The molecule has 0 N–H and O–H groups in total. The lowest BCUT2D eigenvalue weighted by molar-refractivity contribution is -0.150. The third-order valence-electron chi connectivity index (χ3n) is 6.04. The molecule has 3 aliphatic heterocycles. The first-order valence-corrected chi connectivity index (χ1v) is 12.8. The summed E-state index contributed by atoms with van der Waals surface area (Å²) >= 11 is 1.45. The summed E-state index contributed by atoms with van der Waals surface area (Å²) in [6.07, 6.45) is 0.191. The van der Waals surface area contributed by atoms with Crippen LogP contribution in [0.3, 0.4) is 0 Å². The Balaban J connectivity index is 1.75. The standard InChI is InChI=1S/C26H33N3O6S/c1-16-22(24(31)35-26(2,3)4)23(17-7-8-19(32-5)20(13-17)33-6)29-18(15-36-25(29)27-16)14-21(30)28-9-11-34-12-10-28/h7-8,13,15,23H,9-12,14H2,1-6H3. The van der Waals surface area contributed by atoms with Crippen LogP contribution in [-0.4, -0.2) is 73.0 Å². The number of rotatable bonds is 6. The van der Waals surface area contributed by atoms with Crippen molar-refractivity contribution in [3.8, 4) is 11.5 Å². The lowest BCUT2D eigenvalue weighted by atomic mass is 9.93. The SMILES string of the molecule is COc1ccc(C2C(C(=O)OC(C)(C)C)=C(C)N=C3SC=C(CC(=O)N4CCOCC4)N32)cc1OC. The lowest BCUT2D eigenvalue weighted by Crippen LogP contribution is -2.42. The topological polar surface area (TPSA) is 89.9 Å². The van der Waals surface area contributed by atoms with Gasteiger partial charge in [0.15, 0.2) is 16.7 Å². The number of fused-ring (bicyclic) bond motifs is 1. The summed E-state index contributed by atoms with van der Waals surface area (Å²) in [5.74, 6) is 0.697. The summed E-state index contributed by atoms with van der Waals surface area (Å²) in [5, 5.41) is 2.65. The number of benzene rings is 1. The number of esters is 1. The molecule has 1 aromatic rings. The minimum Gasteiger partial charge on any atom is -0.493 e. The Morgan fingerprint density at radius 2 is 1.83 bits per heavy atom. The van der Waals surface area contributed by atoms with Crippen LogP contribution in [0.4, 0.5) is 0 Å². The van der Waals surface area contributed by atoms with Crippen molar-refractivity contribution in [1.29, 1.82) is 0 Å². The second kappa shape index (κ2) is 10.6. The highest BCUT2D eigenvalue weighted by atomic mass is 32.2. The molecular formula is C26H33N3O6S. The monoisotopic (exact) mass is 515 g/mol. The van der Waals surface area contributed by atoms with Gasteiger partial charge in [0.05, 0.1) is 51.2 Å². The number of nitrogens with zero attached hydrogens (tertiary/aromatic N) is 3. The maximum absolute atomic E-state index is 13.5. The van der Waals surface area contributed by atoms with E-state index in [0.29, 0.717) is 54.2 Å². The van der Waals surface area contributed by atoms with Gasteiger partial charge in [0, 0.05) is 18.8 Å². The first-order chi connectivity index (χ1) is 17.1. The van der Waals surface area contributed by atoms with E-state index < -0.39 is 17.6 Å². The van der Waals surface area contributed by atoms with E-state index in [9.17, 15) is 9.59 Å². The van der Waals surface area contributed by atoms with Gasteiger partial charge in [0.1, 0.15) is 5.60 Å². The van der Waals surface area contributed by atoms with Gasteiger partial charge in [-0.3, -0.25) is 4.79 Å². The van der Waals surface area contributed by atoms with E-state index in [1.54, 1.807) is 14.2 Å². The fourth-order valence-corrected chi connectivity index (χ4v) is 5.35. The first kappa shape index (κ1) is 26.1. The maximum Gasteiger partial charge on any atom is 0.338 e. The number of carbonyl (C=O) groups excluding carboxylic acids is 2. The molecule has 3 aliphatic rings. The van der Waals surface area contributed by atoms with Crippen molar-refractivity contribution >= 4 is 28.8 Å². The van der Waals surface area contributed by atoms with Gasteiger partial charge >= 0.3 is 5.97 Å². The van der Waals surface area contributed by atoms with Gasteiger partial charge in [-0.2, -0.15) is 0 Å². The van der Waals surface area contributed by atoms with Crippen molar-refractivity contribution in [3.05, 3.63) is 46.1 Å². The molecule has 36 heavy (non-hydrogen) atoms. The largest absolute Gasteiger partial charge is 0.493 e. The predicted octanol–water partition coefficient (Wildman–Crippen LogP) is 3.87. The average molecular weight is 516 g/mol. The maximum atomic E-state index is 13.5. The minimum atomic E-state index is -0.679. The van der Waals surface area contributed by atoms with Crippen molar-refractivity contribution in [2.24, 2.45) is 4.99 Å². The molecule has 3 heterocycles. The molecule has 0 aliphatic carbocycles. The number of thioether (sulfide) groups is 1. The summed E-state index contributed by atoms with van der Waals surface area (Å²) in [7, 11) is 3.15. The molecular weight excluding hydrogens is 482 g/mol. The molecule has 0 aromatic heterocycles. The number of morpholine rings is 1. The van der Waals surface area contributed by atoms with Crippen LogP contribution in [0.25, 0.3) is 0 Å². The second-order valence-corrected chi connectivity index (χ2v) is 10.5. The summed E-state index contributed by atoms with van der Waals surface area (Å²) < 4.78 is 22.2. The molecule has 194 valence electrons. The van der Waals surface area contributed by atoms with E-state index in [4.69, 9.17) is 23.9 Å². The Morgan fingerprint density at radius 1 is 1.14 bits per heavy atom. The van der Waals surface area contributed by atoms with Crippen LogP contribution in [0.5, 0.6) is 11.5 Å². The molecule has 0 radical (unpaired) electrons. The number of amides is 1. The number of hydrogen-bond acceptors (Lipinski definition) is 9. The normalized spacial score (nSPS) is 20.0. The minimum absolute atomic E-state index is 0.0163. The van der Waals surface area contributed by atoms with Gasteiger partial charge in [0.25, 0.3) is 0 Å². The summed E-state index contributed by atoms with van der Waals surface area (Å²) in [6.45, 7) is 9.53. The van der Waals surface area contributed by atoms with E-state index in [0.717, 1.165) is 11.3 Å². The fourth-order valence-electron chi connectivity index (χ4n) is 4.38. The Hall–Kier alpha value is -2.98. The Bertz CT molecular complexity index is 1130. The second-order valence-electron chi connectivity index (χ2n) is 9.68. The molecule has 1 saturated heterocycles. The van der Waals surface area contributed by atoms with Crippen LogP contribution < -0.4 is 9.47 Å². The van der Waals surface area contributed by atoms with Gasteiger partial charge in [0.2, 0.25) is 5.91 Å². The number of amidine groups is 1. The Kier molecular flexibility index (Phi) is 7.65. The zero-order valence-electron chi connectivity index (χ0n) is 21.6. The van der Waals surface area contributed by atoms with Gasteiger partial charge in [-0.05, 0) is 50.8 Å². The third kappa shape index (κ3) is 5.39. The van der Waals surface area contributed by atoms with Crippen molar-refractivity contribution < 1.29 is 28.5 Å². The molecule has 0 spiro atoms. The van der Waals surface area contributed by atoms with E-state index in [2.05, 4.69) is 0 Å². The van der Waals surface area contributed by atoms with Crippen molar-refractivity contribution in [2.75, 3.05) is 40.5 Å².